The van der Waals surface area contributed by atoms with Crippen molar-refractivity contribution in [3.8, 4) is 0 Å². The molecule has 3 rings (SSSR count). The number of carbonyl (C=O) groups excluding carboxylic acids is 2. The number of nitrogens with zero attached hydrogens (tertiary/aromatic N) is 1. The molecule has 1 aromatic carbocycles. The highest BCUT2D eigenvalue weighted by atomic mass is 19.1. The van der Waals surface area contributed by atoms with Crippen molar-refractivity contribution in [1.29, 1.82) is 0 Å². The van der Waals surface area contributed by atoms with Crippen LogP contribution in [0.1, 0.15) is 25.7 Å². The molecule has 2 aliphatic heterocycles. The lowest BCUT2D eigenvalue weighted by atomic mass is 10.0. The summed E-state index contributed by atoms with van der Waals surface area (Å²) in [7, 11) is 0. The van der Waals surface area contributed by atoms with Crippen molar-refractivity contribution >= 4 is 17.5 Å². The molecule has 6 nitrogen and oxygen atoms in total. The second-order valence-corrected chi connectivity index (χ2v) is 6.71. The van der Waals surface area contributed by atoms with Crippen molar-refractivity contribution in [3.63, 3.8) is 0 Å². The molecular weight excluding hydrogens is 323 g/mol. The smallest absolute Gasteiger partial charge is 0.309 e. The Bertz CT molecular complexity index is 619. The molecule has 0 spiro atoms. The zero-order valence-corrected chi connectivity index (χ0v) is 14.3. The lowest BCUT2D eigenvalue weighted by Gasteiger charge is -2.34. The highest BCUT2D eigenvalue weighted by Crippen LogP contribution is 2.22. The van der Waals surface area contributed by atoms with E-state index in [9.17, 15) is 14.0 Å². The van der Waals surface area contributed by atoms with Crippen LogP contribution in [0.5, 0.6) is 0 Å². The predicted molar refractivity (Wildman–Crippen MR) is 93.8 cm³/mol. The normalized spacial score (nSPS) is 23.3. The summed E-state index contributed by atoms with van der Waals surface area (Å²) >= 11 is 0. The summed E-state index contributed by atoms with van der Waals surface area (Å²) in [6.45, 7) is 2.68. The van der Waals surface area contributed by atoms with Gasteiger partial charge in [-0.2, -0.15) is 0 Å². The van der Waals surface area contributed by atoms with Crippen LogP contribution >= 0.6 is 0 Å². The minimum Gasteiger partial charge on any atom is -0.367 e. The fourth-order valence-electron chi connectivity index (χ4n) is 3.50. The van der Waals surface area contributed by atoms with Crippen molar-refractivity contribution in [1.82, 2.24) is 16.0 Å². The number of hydrogen-bond acceptors (Lipinski definition) is 4. The fraction of sp³-hybridized carbons (Fsp3) is 0.556. The molecule has 0 radical (unpaired) electrons. The number of hydrogen-bond donors (Lipinski definition) is 3. The molecule has 136 valence electrons. The van der Waals surface area contributed by atoms with Gasteiger partial charge in [0.15, 0.2) is 0 Å². The highest BCUT2D eigenvalue weighted by molar-refractivity contribution is 6.35. The van der Waals surface area contributed by atoms with Crippen LogP contribution in [0, 0.1) is 5.82 Å². The largest absolute Gasteiger partial charge is 0.367 e. The first kappa shape index (κ1) is 17.7. The molecule has 3 N–H and O–H groups in total. The monoisotopic (exact) mass is 348 g/mol. The summed E-state index contributed by atoms with van der Waals surface area (Å²) in [4.78, 5) is 26.0. The summed E-state index contributed by atoms with van der Waals surface area (Å²) in [6.07, 6.45) is 3.74. The summed E-state index contributed by atoms with van der Waals surface area (Å²) in [5.74, 6) is -1.48. The van der Waals surface area contributed by atoms with E-state index in [0.29, 0.717) is 18.8 Å². The van der Waals surface area contributed by atoms with Gasteiger partial charge in [0.1, 0.15) is 5.82 Å². The van der Waals surface area contributed by atoms with Crippen LogP contribution < -0.4 is 20.9 Å². The second-order valence-electron chi connectivity index (χ2n) is 6.71. The van der Waals surface area contributed by atoms with E-state index in [4.69, 9.17) is 0 Å². The molecule has 0 aliphatic carbocycles. The number of benzene rings is 1. The lowest BCUT2D eigenvalue weighted by Crippen LogP contribution is -2.52. The second kappa shape index (κ2) is 8.29. The van der Waals surface area contributed by atoms with E-state index < -0.39 is 11.8 Å². The topological polar surface area (TPSA) is 73.5 Å². The minimum absolute atomic E-state index is 0.156. The molecule has 2 saturated heterocycles. The molecule has 2 aliphatic rings. The number of nitrogens with one attached hydrogen (secondary N) is 3. The zero-order valence-electron chi connectivity index (χ0n) is 14.3. The van der Waals surface area contributed by atoms with Gasteiger partial charge >= 0.3 is 11.8 Å². The predicted octanol–water partition coefficient (Wildman–Crippen LogP) is 0.779. The van der Waals surface area contributed by atoms with Crippen LogP contribution in [0.4, 0.5) is 10.1 Å². The summed E-state index contributed by atoms with van der Waals surface area (Å²) < 4.78 is 13.9. The van der Waals surface area contributed by atoms with E-state index in [1.807, 2.05) is 4.90 Å². The number of piperidine rings is 1. The molecule has 2 amide bonds. The lowest BCUT2D eigenvalue weighted by molar-refractivity contribution is -0.139. The van der Waals surface area contributed by atoms with Crippen molar-refractivity contribution < 1.29 is 14.0 Å². The molecule has 2 unspecified atom stereocenters. The third kappa shape index (κ3) is 4.69. The fourth-order valence-corrected chi connectivity index (χ4v) is 3.50. The average molecular weight is 348 g/mol. The number of carbonyl (C=O) groups is 2. The van der Waals surface area contributed by atoms with Gasteiger partial charge in [-0.25, -0.2) is 4.39 Å². The molecule has 2 fully saturated rings. The van der Waals surface area contributed by atoms with Gasteiger partial charge in [-0.05, 0) is 44.4 Å². The van der Waals surface area contributed by atoms with Crippen LogP contribution in [0.15, 0.2) is 24.3 Å². The summed E-state index contributed by atoms with van der Waals surface area (Å²) in [5.41, 5.74) is 0.540. The molecule has 25 heavy (non-hydrogen) atoms. The van der Waals surface area contributed by atoms with Crippen LogP contribution in [0.2, 0.25) is 0 Å². The molecule has 0 bridgehead atoms. The van der Waals surface area contributed by atoms with Crippen LogP contribution in [-0.4, -0.2) is 50.1 Å². The molecule has 0 saturated carbocycles. The molecule has 2 heterocycles. The Morgan fingerprint density at radius 3 is 2.80 bits per heavy atom. The molecule has 2 atom stereocenters. The SMILES string of the molecule is O=C(NCC1CCCN1)C(=O)NC1CCCN(c2ccccc2F)C1. The number of rotatable bonds is 4. The van der Waals surface area contributed by atoms with Crippen molar-refractivity contribution in [3.05, 3.63) is 30.1 Å². The Hall–Kier alpha value is -2.15. The highest BCUT2D eigenvalue weighted by Gasteiger charge is 2.25. The van der Waals surface area contributed by atoms with E-state index in [1.165, 1.54) is 6.07 Å². The van der Waals surface area contributed by atoms with Crippen molar-refractivity contribution in [2.45, 2.75) is 37.8 Å². The van der Waals surface area contributed by atoms with Crippen molar-refractivity contribution in [2.75, 3.05) is 31.1 Å². The first-order valence-corrected chi connectivity index (χ1v) is 8.95. The maximum absolute atomic E-state index is 13.9. The van der Waals surface area contributed by atoms with E-state index in [0.717, 1.165) is 38.8 Å². The minimum atomic E-state index is -0.613. The van der Waals surface area contributed by atoms with Gasteiger partial charge in [-0.3, -0.25) is 9.59 Å². The van der Waals surface area contributed by atoms with Gasteiger partial charge in [0, 0.05) is 31.7 Å². The molecule has 7 heteroatoms. The maximum atomic E-state index is 13.9. The molecule has 1 aromatic rings. The Balaban J connectivity index is 1.49. The van der Waals surface area contributed by atoms with Gasteiger partial charge in [-0.15, -0.1) is 0 Å². The Morgan fingerprint density at radius 2 is 2.04 bits per heavy atom. The van der Waals surface area contributed by atoms with Gasteiger partial charge in [0.2, 0.25) is 0 Å². The van der Waals surface area contributed by atoms with E-state index in [-0.39, 0.29) is 17.9 Å². The summed E-state index contributed by atoms with van der Waals surface area (Å²) in [6, 6.07) is 6.72. The number of anilines is 1. The van der Waals surface area contributed by atoms with Gasteiger partial charge in [0.25, 0.3) is 0 Å². The van der Waals surface area contributed by atoms with Crippen LogP contribution in [0.3, 0.4) is 0 Å². The Kier molecular flexibility index (Phi) is 5.86. The standard InChI is InChI=1S/C18H25FN4O2/c19-15-7-1-2-8-16(15)23-10-4-6-14(12-23)22-18(25)17(24)21-11-13-5-3-9-20-13/h1-2,7-8,13-14,20H,3-6,9-12H2,(H,21,24)(H,22,25). The number of para-hydroxylation sites is 1. The number of halogens is 1. The van der Waals surface area contributed by atoms with Gasteiger partial charge in [-0.1, -0.05) is 12.1 Å². The molecule has 0 aromatic heterocycles. The first-order chi connectivity index (χ1) is 12.1. The van der Waals surface area contributed by atoms with Crippen molar-refractivity contribution in [2.24, 2.45) is 0 Å². The molecular formula is C18H25FN4O2. The quantitative estimate of drug-likeness (QED) is 0.703. The first-order valence-electron chi connectivity index (χ1n) is 8.95. The van der Waals surface area contributed by atoms with E-state index in [2.05, 4.69) is 16.0 Å². The van der Waals surface area contributed by atoms with E-state index in [1.54, 1.807) is 18.2 Å². The van der Waals surface area contributed by atoms with E-state index >= 15 is 0 Å². The number of amides is 2. The zero-order chi connectivity index (χ0) is 17.6. The Labute approximate surface area is 147 Å². The average Bonchev–Trinajstić information content (AvgIpc) is 3.14. The summed E-state index contributed by atoms with van der Waals surface area (Å²) in [5, 5.41) is 8.73. The van der Waals surface area contributed by atoms with Gasteiger partial charge in [0.05, 0.1) is 5.69 Å². The van der Waals surface area contributed by atoms with Gasteiger partial charge < -0.3 is 20.9 Å². The third-order valence-corrected chi connectivity index (χ3v) is 4.83. The van der Waals surface area contributed by atoms with Crippen LogP contribution in [-0.2, 0) is 9.59 Å². The maximum Gasteiger partial charge on any atom is 0.309 e. The third-order valence-electron chi connectivity index (χ3n) is 4.83. The van der Waals surface area contributed by atoms with Crippen LogP contribution in [0.25, 0.3) is 0 Å². The Morgan fingerprint density at radius 1 is 1.20 bits per heavy atom.